The van der Waals surface area contributed by atoms with Crippen LogP contribution in [0.2, 0.25) is 0 Å². The molecule has 0 aromatic rings. The molecule has 0 amide bonds. The van der Waals surface area contributed by atoms with E-state index in [4.69, 9.17) is 9.47 Å². The van der Waals surface area contributed by atoms with Crippen molar-refractivity contribution in [3.05, 3.63) is 0 Å². The van der Waals surface area contributed by atoms with Crippen LogP contribution in [-0.4, -0.2) is 31.1 Å². The van der Waals surface area contributed by atoms with Crippen LogP contribution in [0.25, 0.3) is 0 Å². The topological polar surface area (TPSA) is 30.5 Å². The van der Waals surface area contributed by atoms with Crippen LogP contribution >= 0.6 is 0 Å². The van der Waals surface area contributed by atoms with Gasteiger partial charge in [0.15, 0.2) is 5.79 Å². The van der Waals surface area contributed by atoms with Crippen LogP contribution < -0.4 is 5.32 Å². The van der Waals surface area contributed by atoms with Gasteiger partial charge in [-0.3, -0.25) is 0 Å². The van der Waals surface area contributed by atoms with Crippen LogP contribution in [0.4, 0.5) is 0 Å². The fraction of sp³-hybridized carbons (Fsp3) is 1.00. The first-order chi connectivity index (χ1) is 9.77. The smallest absolute Gasteiger partial charge is 0.168 e. The Kier molecular flexibility index (Phi) is 5.00. The molecule has 3 heteroatoms. The molecule has 3 rings (SSSR count). The Morgan fingerprint density at radius 1 is 0.900 bits per heavy atom. The summed E-state index contributed by atoms with van der Waals surface area (Å²) in [6.07, 6.45) is 13.2. The van der Waals surface area contributed by atoms with Crippen molar-refractivity contribution in [1.82, 2.24) is 5.32 Å². The lowest BCUT2D eigenvalue weighted by Crippen LogP contribution is -2.46. The average Bonchev–Trinajstić information content (AvgIpc) is 2.75. The largest absolute Gasteiger partial charge is 0.348 e. The number of hydrogen-bond acceptors (Lipinski definition) is 3. The van der Waals surface area contributed by atoms with Gasteiger partial charge in [-0.25, -0.2) is 0 Å². The normalized spacial score (nSPS) is 30.4. The molecule has 0 unspecified atom stereocenters. The maximum absolute atomic E-state index is 5.82. The van der Waals surface area contributed by atoms with Gasteiger partial charge in [-0.2, -0.15) is 0 Å². The molecule has 2 aliphatic carbocycles. The molecule has 1 heterocycles. The van der Waals surface area contributed by atoms with Crippen molar-refractivity contribution in [2.24, 2.45) is 5.92 Å². The highest BCUT2D eigenvalue weighted by Gasteiger charge is 2.40. The van der Waals surface area contributed by atoms with E-state index in [1.807, 2.05) is 0 Å². The van der Waals surface area contributed by atoms with Crippen molar-refractivity contribution in [3.63, 3.8) is 0 Å². The van der Waals surface area contributed by atoms with E-state index in [0.29, 0.717) is 12.1 Å². The monoisotopic (exact) mass is 281 g/mol. The molecule has 2 saturated carbocycles. The first-order valence-electron chi connectivity index (χ1n) is 8.81. The van der Waals surface area contributed by atoms with Gasteiger partial charge in [-0.15, -0.1) is 0 Å². The van der Waals surface area contributed by atoms with E-state index in [9.17, 15) is 0 Å². The second-order valence-corrected chi connectivity index (χ2v) is 7.09. The molecule has 0 bridgehead atoms. The summed E-state index contributed by atoms with van der Waals surface area (Å²) >= 11 is 0. The summed E-state index contributed by atoms with van der Waals surface area (Å²) in [6, 6.07) is 1.35. The van der Waals surface area contributed by atoms with Crippen LogP contribution in [-0.2, 0) is 9.47 Å². The van der Waals surface area contributed by atoms with Crippen molar-refractivity contribution in [2.45, 2.75) is 89.0 Å². The van der Waals surface area contributed by atoms with Gasteiger partial charge in [0.2, 0.25) is 0 Å². The molecule has 1 aliphatic heterocycles. The Hall–Kier alpha value is -0.120. The van der Waals surface area contributed by atoms with Gasteiger partial charge < -0.3 is 14.8 Å². The lowest BCUT2D eigenvalue weighted by Gasteiger charge is -2.38. The number of rotatable bonds is 3. The minimum Gasteiger partial charge on any atom is -0.348 e. The minimum absolute atomic E-state index is 0.205. The molecule has 1 saturated heterocycles. The van der Waals surface area contributed by atoms with E-state index in [1.165, 1.54) is 51.4 Å². The molecular formula is C17H31NO2. The van der Waals surface area contributed by atoms with E-state index in [1.54, 1.807) is 0 Å². The Morgan fingerprint density at radius 3 is 2.10 bits per heavy atom. The van der Waals surface area contributed by atoms with Crippen molar-refractivity contribution < 1.29 is 9.47 Å². The molecule has 0 aromatic heterocycles. The minimum atomic E-state index is -0.205. The summed E-state index contributed by atoms with van der Waals surface area (Å²) in [6.45, 7) is 3.98. The highest BCUT2D eigenvalue weighted by Crippen LogP contribution is 2.36. The van der Waals surface area contributed by atoms with E-state index in [0.717, 1.165) is 32.0 Å². The molecule has 3 aliphatic rings. The van der Waals surface area contributed by atoms with Crippen LogP contribution in [0.1, 0.15) is 71.1 Å². The zero-order valence-electron chi connectivity index (χ0n) is 13.0. The Morgan fingerprint density at radius 2 is 1.50 bits per heavy atom. The molecular weight excluding hydrogens is 250 g/mol. The van der Waals surface area contributed by atoms with Gasteiger partial charge in [-0.05, 0) is 38.5 Å². The second kappa shape index (κ2) is 6.76. The highest BCUT2D eigenvalue weighted by atomic mass is 16.7. The molecule has 1 atom stereocenters. The van der Waals surface area contributed by atoms with Gasteiger partial charge in [-0.1, -0.05) is 25.7 Å². The molecule has 3 nitrogen and oxygen atoms in total. The highest BCUT2D eigenvalue weighted by molar-refractivity contribution is 4.87. The van der Waals surface area contributed by atoms with Crippen molar-refractivity contribution in [2.75, 3.05) is 13.2 Å². The molecule has 3 fully saturated rings. The van der Waals surface area contributed by atoms with E-state index in [2.05, 4.69) is 12.2 Å². The zero-order chi connectivity index (χ0) is 13.8. The third-order valence-electron chi connectivity index (χ3n) is 5.67. The summed E-state index contributed by atoms with van der Waals surface area (Å²) < 4.78 is 11.6. The van der Waals surface area contributed by atoms with Gasteiger partial charge >= 0.3 is 0 Å². The molecule has 1 spiro atoms. The van der Waals surface area contributed by atoms with Crippen LogP contribution in [0.15, 0.2) is 0 Å². The van der Waals surface area contributed by atoms with Gasteiger partial charge in [0.1, 0.15) is 0 Å². The van der Waals surface area contributed by atoms with Crippen molar-refractivity contribution in [1.29, 1.82) is 0 Å². The fourth-order valence-corrected chi connectivity index (χ4v) is 4.33. The Labute approximate surface area is 123 Å². The molecule has 20 heavy (non-hydrogen) atoms. The summed E-state index contributed by atoms with van der Waals surface area (Å²) in [5.41, 5.74) is 0. The molecule has 116 valence electrons. The number of ether oxygens (including phenoxy) is 2. The van der Waals surface area contributed by atoms with E-state index < -0.39 is 0 Å². The standard InChI is InChI=1S/C17H31NO2/c1-14(15-6-4-2-3-5-7-15)18-16-8-10-17(11-9-16)19-12-13-20-17/h14-16,18H,2-13H2,1H3/t14-/m0/s1. The Bertz CT molecular complexity index is 283. The first-order valence-corrected chi connectivity index (χ1v) is 8.81. The predicted octanol–water partition coefficient (Wildman–Crippen LogP) is 3.62. The molecule has 1 N–H and O–H groups in total. The Balaban J connectivity index is 1.44. The van der Waals surface area contributed by atoms with Crippen molar-refractivity contribution >= 4 is 0 Å². The average molecular weight is 281 g/mol. The quantitative estimate of drug-likeness (QED) is 0.801. The predicted molar refractivity (Wildman–Crippen MR) is 80.7 cm³/mol. The maximum Gasteiger partial charge on any atom is 0.168 e. The zero-order valence-corrected chi connectivity index (χ0v) is 13.0. The first kappa shape index (κ1) is 14.8. The van der Waals surface area contributed by atoms with Crippen LogP contribution in [0.5, 0.6) is 0 Å². The summed E-state index contributed by atoms with van der Waals surface area (Å²) in [5, 5.41) is 3.91. The summed E-state index contributed by atoms with van der Waals surface area (Å²) in [7, 11) is 0. The lowest BCUT2D eigenvalue weighted by atomic mass is 9.87. The van der Waals surface area contributed by atoms with Crippen LogP contribution in [0.3, 0.4) is 0 Å². The summed E-state index contributed by atoms with van der Waals surface area (Å²) in [5.74, 6) is 0.691. The third kappa shape index (κ3) is 3.55. The SMILES string of the molecule is C[C@H](NC1CCC2(CC1)OCCO2)C1CCCCCC1. The maximum atomic E-state index is 5.82. The van der Waals surface area contributed by atoms with Gasteiger partial charge in [0.25, 0.3) is 0 Å². The number of nitrogens with one attached hydrogen (secondary N) is 1. The number of hydrogen-bond donors (Lipinski definition) is 1. The molecule has 0 aromatic carbocycles. The second-order valence-electron chi connectivity index (χ2n) is 7.09. The van der Waals surface area contributed by atoms with E-state index >= 15 is 0 Å². The van der Waals surface area contributed by atoms with Gasteiger partial charge in [0, 0.05) is 24.9 Å². The fourth-order valence-electron chi connectivity index (χ4n) is 4.33. The third-order valence-corrected chi connectivity index (χ3v) is 5.67. The van der Waals surface area contributed by atoms with Gasteiger partial charge in [0.05, 0.1) is 13.2 Å². The van der Waals surface area contributed by atoms with Crippen molar-refractivity contribution in [3.8, 4) is 0 Å². The summed E-state index contributed by atoms with van der Waals surface area (Å²) in [4.78, 5) is 0. The van der Waals surface area contributed by atoms with E-state index in [-0.39, 0.29) is 5.79 Å². The van der Waals surface area contributed by atoms with Crippen LogP contribution in [0, 0.1) is 5.92 Å². The molecule has 0 radical (unpaired) electrons. The lowest BCUT2D eigenvalue weighted by molar-refractivity contribution is -0.179.